The smallest absolute Gasteiger partial charge is 0.106 e. The lowest BCUT2D eigenvalue weighted by molar-refractivity contribution is 0.125. The second-order valence-corrected chi connectivity index (χ2v) is 11.3. The van der Waals surface area contributed by atoms with Crippen molar-refractivity contribution in [2.75, 3.05) is 0 Å². The predicted molar refractivity (Wildman–Crippen MR) is 89.9 cm³/mol. The molecule has 2 heteroatoms. The van der Waals surface area contributed by atoms with E-state index in [1.165, 1.54) is 42.5 Å². The number of benzene rings is 1. The Morgan fingerprint density at radius 1 is 1.15 bits per heavy atom. The summed E-state index contributed by atoms with van der Waals surface area (Å²) in [7, 11) is -1.61. The van der Waals surface area contributed by atoms with E-state index in [1.54, 1.807) is 0 Å². The average Bonchev–Trinajstić information content (AvgIpc) is 2.49. The first-order chi connectivity index (χ1) is 9.51. The highest BCUT2D eigenvalue weighted by atomic mass is 28.3. The minimum absolute atomic E-state index is 0.245. The fourth-order valence-corrected chi connectivity index (χ4v) is 5.23. The van der Waals surface area contributed by atoms with E-state index in [0.29, 0.717) is 5.92 Å². The molecule has 0 aliphatic heterocycles. The van der Waals surface area contributed by atoms with Gasteiger partial charge in [-0.1, -0.05) is 79.1 Å². The summed E-state index contributed by atoms with van der Waals surface area (Å²) < 4.78 is 0. The number of hydrogen-bond acceptors (Lipinski definition) is 1. The van der Waals surface area contributed by atoms with Crippen LogP contribution in [0.1, 0.15) is 39.0 Å². The minimum atomic E-state index is -1.61. The van der Waals surface area contributed by atoms with E-state index in [1.807, 2.05) is 0 Å². The number of aliphatic hydroxyl groups is 1. The number of allylic oxidation sites excluding steroid dienone is 1. The van der Waals surface area contributed by atoms with Crippen LogP contribution < -0.4 is 5.19 Å². The molecule has 1 unspecified atom stereocenters. The Kier molecular flexibility index (Phi) is 5.22. The first-order valence-corrected chi connectivity index (χ1v) is 10.9. The summed E-state index contributed by atoms with van der Waals surface area (Å²) in [5, 5.41) is 13.4. The summed E-state index contributed by atoms with van der Waals surface area (Å²) in [6.45, 7) is 6.97. The third kappa shape index (κ3) is 3.61. The van der Waals surface area contributed by atoms with Crippen molar-refractivity contribution in [2.45, 2.75) is 58.2 Å². The van der Waals surface area contributed by atoms with Gasteiger partial charge in [0.25, 0.3) is 0 Å². The van der Waals surface area contributed by atoms with E-state index >= 15 is 0 Å². The normalized spacial score (nSPS) is 19.9. The van der Waals surface area contributed by atoms with E-state index in [-0.39, 0.29) is 6.10 Å². The second-order valence-electron chi connectivity index (χ2n) is 6.73. The molecule has 1 N–H and O–H groups in total. The first-order valence-electron chi connectivity index (χ1n) is 7.94. The maximum atomic E-state index is 10.5. The van der Waals surface area contributed by atoms with E-state index < -0.39 is 8.07 Å². The molecular formula is C18H28OSi. The molecule has 1 atom stereocenters. The van der Waals surface area contributed by atoms with Gasteiger partial charge in [-0.15, -0.1) is 0 Å². The van der Waals surface area contributed by atoms with Gasteiger partial charge in [0.05, 0.1) is 6.10 Å². The lowest BCUT2D eigenvalue weighted by Gasteiger charge is -2.28. The van der Waals surface area contributed by atoms with Crippen LogP contribution in [0.5, 0.6) is 0 Å². The zero-order valence-electron chi connectivity index (χ0n) is 13.1. The maximum absolute atomic E-state index is 10.5. The lowest BCUT2D eigenvalue weighted by atomic mass is 9.85. The Hall–Kier alpha value is -0.863. The Labute approximate surface area is 124 Å². The quantitative estimate of drug-likeness (QED) is 0.829. The Balaban J connectivity index is 2.12. The van der Waals surface area contributed by atoms with Crippen molar-refractivity contribution in [3.8, 4) is 0 Å². The standard InChI is InChI=1S/C18H28OSi/c1-15(14-18(19)16-10-6-4-7-11-16)20(2,3)17-12-8-5-9-13-17/h5,8-9,12-14,16,18-19H,4,6-7,10-11H2,1-3H3/b15-14+. The van der Waals surface area contributed by atoms with Gasteiger partial charge in [0.15, 0.2) is 0 Å². The van der Waals surface area contributed by atoms with Crippen molar-refractivity contribution in [3.63, 3.8) is 0 Å². The monoisotopic (exact) mass is 288 g/mol. The number of aliphatic hydroxyl groups excluding tert-OH is 1. The number of hydrogen-bond donors (Lipinski definition) is 1. The average molecular weight is 289 g/mol. The van der Waals surface area contributed by atoms with Gasteiger partial charge in [0.1, 0.15) is 8.07 Å². The van der Waals surface area contributed by atoms with Gasteiger partial charge in [-0.3, -0.25) is 0 Å². The van der Waals surface area contributed by atoms with E-state index in [4.69, 9.17) is 0 Å². The van der Waals surface area contributed by atoms with Crippen LogP contribution in [0, 0.1) is 5.92 Å². The van der Waals surface area contributed by atoms with Crippen LogP contribution in [0.15, 0.2) is 41.6 Å². The van der Waals surface area contributed by atoms with Gasteiger partial charge < -0.3 is 5.11 Å². The van der Waals surface area contributed by atoms with Crippen LogP contribution in [0.25, 0.3) is 0 Å². The first kappa shape index (κ1) is 15.5. The van der Waals surface area contributed by atoms with Crippen molar-refractivity contribution in [1.82, 2.24) is 0 Å². The molecule has 1 aromatic rings. The maximum Gasteiger partial charge on any atom is 0.106 e. The summed E-state index contributed by atoms with van der Waals surface area (Å²) in [4.78, 5) is 0. The molecule has 0 radical (unpaired) electrons. The molecule has 0 bridgehead atoms. The lowest BCUT2D eigenvalue weighted by Crippen LogP contribution is -2.43. The van der Waals surface area contributed by atoms with E-state index in [0.717, 1.165) is 0 Å². The van der Waals surface area contributed by atoms with Crippen LogP contribution >= 0.6 is 0 Å². The van der Waals surface area contributed by atoms with Gasteiger partial charge in [-0.2, -0.15) is 0 Å². The molecule has 1 fully saturated rings. The molecule has 0 saturated heterocycles. The van der Waals surface area contributed by atoms with Gasteiger partial charge in [0, 0.05) is 0 Å². The second kappa shape index (κ2) is 6.73. The third-order valence-corrected chi connectivity index (χ3v) is 8.95. The fraction of sp³-hybridized carbons (Fsp3) is 0.556. The summed E-state index contributed by atoms with van der Waals surface area (Å²) in [5.74, 6) is 0.485. The molecule has 2 rings (SSSR count). The fourth-order valence-electron chi connectivity index (χ4n) is 3.16. The largest absolute Gasteiger partial charge is 0.389 e. The number of rotatable bonds is 4. The van der Waals surface area contributed by atoms with Crippen molar-refractivity contribution >= 4 is 13.3 Å². The Bertz CT molecular complexity index is 444. The zero-order chi connectivity index (χ0) is 14.6. The van der Waals surface area contributed by atoms with Crippen LogP contribution in [-0.2, 0) is 0 Å². The van der Waals surface area contributed by atoms with E-state index in [9.17, 15) is 5.11 Å². The summed E-state index contributed by atoms with van der Waals surface area (Å²) in [6, 6.07) is 10.8. The molecule has 0 aromatic heterocycles. The molecular weight excluding hydrogens is 260 g/mol. The zero-order valence-corrected chi connectivity index (χ0v) is 14.1. The van der Waals surface area contributed by atoms with Gasteiger partial charge in [0.2, 0.25) is 0 Å². The van der Waals surface area contributed by atoms with Gasteiger partial charge >= 0.3 is 0 Å². The molecule has 0 heterocycles. The molecule has 110 valence electrons. The van der Waals surface area contributed by atoms with Crippen LogP contribution in [-0.4, -0.2) is 19.3 Å². The minimum Gasteiger partial charge on any atom is -0.389 e. The predicted octanol–water partition coefficient (Wildman–Crippen LogP) is 4.03. The molecule has 1 aliphatic carbocycles. The Morgan fingerprint density at radius 2 is 1.75 bits per heavy atom. The molecule has 1 nitrogen and oxygen atoms in total. The van der Waals surface area contributed by atoms with Crippen molar-refractivity contribution in [3.05, 3.63) is 41.6 Å². The highest BCUT2D eigenvalue weighted by molar-refractivity contribution is 6.95. The van der Waals surface area contributed by atoms with Gasteiger partial charge in [-0.05, 0) is 25.7 Å². The van der Waals surface area contributed by atoms with Crippen molar-refractivity contribution in [1.29, 1.82) is 0 Å². The molecule has 0 spiro atoms. The SMILES string of the molecule is C/C(=C\C(O)C1CCCCC1)[Si](C)(C)c1ccccc1. The van der Waals surface area contributed by atoms with Gasteiger partial charge in [-0.25, -0.2) is 0 Å². The van der Waals surface area contributed by atoms with Crippen molar-refractivity contribution in [2.24, 2.45) is 5.92 Å². The molecule has 1 aliphatic rings. The van der Waals surface area contributed by atoms with E-state index in [2.05, 4.69) is 56.4 Å². The van der Waals surface area contributed by atoms with Crippen LogP contribution in [0.3, 0.4) is 0 Å². The topological polar surface area (TPSA) is 20.2 Å². The highest BCUT2D eigenvalue weighted by Gasteiger charge is 2.27. The molecule has 1 aromatic carbocycles. The molecule has 20 heavy (non-hydrogen) atoms. The molecule has 0 amide bonds. The molecule has 1 saturated carbocycles. The van der Waals surface area contributed by atoms with Crippen LogP contribution in [0.4, 0.5) is 0 Å². The summed E-state index contributed by atoms with van der Waals surface area (Å²) in [6.07, 6.45) is 8.22. The summed E-state index contributed by atoms with van der Waals surface area (Å²) in [5.41, 5.74) is 0. The van der Waals surface area contributed by atoms with Crippen LogP contribution in [0.2, 0.25) is 13.1 Å². The highest BCUT2D eigenvalue weighted by Crippen LogP contribution is 2.28. The summed E-state index contributed by atoms with van der Waals surface area (Å²) >= 11 is 0. The van der Waals surface area contributed by atoms with Crippen molar-refractivity contribution < 1.29 is 5.11 Å². The third-order valence-electron chi connectivity index (χ3n) is 5.03. The Morgan fingerprint density at radius 3 is 2.35 bits per heavy atom.